The van der Waals surface area contributed by atoms with Crippen LogP contribution in [0.1, 0.15) is 28.8 Å². The molecule has 0 fully saturated rings. The summed E-state index contributed by atoms with van der Waals surface area (Å²) in [6.45, 7) is 1.62. The van der Waals surface area contributed by atoms with Gasteiger partial charge in [-0.05, 0) is 11.6 Å². The number of hydrogen-bond donors (Lipinski definition) is 1. The van der Waals surface area contributed by atoms with Crippen molar-refractivity contribution in [2.24, 2.45) is 0 Å². The Bertz CT molecular complexity index is 607. The van der Waals surface area contributed by atoms with Crippen LogP contribution in [0.15, 0.2) is 54.6 Å². The molecule has 5 heteroatoms. The van der Waals surface area contributed by atoms with Gasteiger partial charge in [0.05, 0.1) is 5.56 Å². The first-order valence-electron chi connectivity index (χ1n) is 6.18. The molecule has 0 aliphatic heterocycles. The van der Waals surface area contributed by atoms with E-state index in [-0.39, 0.29) is 5.56 Å². The summed E-state index contributed by atoms with van der Waals surface area (Å²) in [5.41, 5.74) is 0.606. The van der Waals surface area contributed by atoms with Crippen molar-refractivity contribution in [2.75, 3.05) is 0 Å². The van der Waals surface area contributed by atoms with Gasteiger partial charge in [0.15, 0.2) is 0 Å². The SMILES string of the molecule is CC(C(=O)[O-])c1ccccc1.O=C(O)c1ccccc1[O-]. The van der Waals surface area contributed by atoms with Gasteiger partial charge in [0.1, 0.15) is 0 Å². The molecule has 110 valence electrons. The van der Waals surface area contributed by atoms with E-state index in [0.29, 0.717) is 0 Å². The van der Waals surface area contributed by atoms with Crippen LogP contribution in [0, 0.1) is 0 Å². The molecular weight excluding hydrogens is 272 g/mol. The second-order valence-corrected chi connectivity index (χ2v) is 4.25. The van der Waals surface area contributed by atoms with E-state index in [1.807, 2.05) is 18.2 Å². The molecule has 2 rings (SSSR count). The Morgan fingerprint density at radius 3 is 1.95 bits per heavy atom. The molecule has 0 saturated heterocycles. The van der Waals surface area contributed by atoms with Gasteiger partial charge in [-0.1, -0.05) is 61.2 Å². The van der Waals surface area contributed by atoms with E-state index in [1.165, 1.54) is 24.3 Å². The standard InChI is InChI=1S/C9H10O2.C7H6O3/c1-7(9(10)11)8-5-3-2-4-6-8;8-6-4-2-1-3-5(6)7(9)10/h2-7H,1H3,(H,10,11);1-4,8H,(H,9,10)/p-2. The van der Waals surface area contributed by atoms with Gasteiger partial charge in [0.2, 0.25) is 0 Å². The number of aliphatic carboxylic acids is 1. The van der Waals surface area contributed by atoms with Crippen molar-refractivity contribution in [3.8, 4) is 5.75 Å². The monoisotopic (exact) mass is 286 g/mol. The third-order valence-electron chi connectivity index (χ3n) is 2.77. The minimum atomic E-state index is -1.18. The molecule has 0 heterocycles. The smallest absolute Gasteiger partial charge is 0.335 e. The zero-order valence-corrected chi connectivity index (χ0v) is 11.4. The molecule has 0 aliphatic carbocycles. The molecule has 0 aliphatic rings. The van der Waals surface area contributed by atoms with E-state index < -0.39 is 23.6 Å². The van der Waals surface area contributed by atoms with Crippen LogP contribution in [0.5, 0.6) is 5.75 Å². The number of aromatic carboxylic acids is 1. The Labute approximate surface area is 122 Å². The highest BCUT2D eigenvalue weighted by molar-refractivity contribution is 5.90. The molecule has 21 heavy (non-hydrogen) atoms. The average Bonchev–Trinajstić information content (AvgIpc) is 2.48. The fourth-order valence-corrected chi connectivity index (χ4v) is 1.52. The van der Waals surface area contributed by atoms with E-state index in [9.17, 15) is 19.8 Å². The van der Waals surface area contributed by atoms with E-state index in [2.05, 4.69) is 0 Å². The zero-order valence-electron chi connectivity index (χ0n) is 11.4. The van der Waals surface area contributed by atoms with Gasteiger partial charge in [-0.15, -0.1) is 0 Å². The number of carbonyl (C=O) groups is 2. The van der Waals surface area contributed by atoms with Crippen LogP contribution in [-0.2, 0) is 4.79 Å². The molecule has 1 N–H and O–H groups in total. The van der Waals surface area contributed by atoms with Crippen LogP contribution in [-0.4, -0.2) is 17.0 Å². The van der Waals surface area contributed by atoms with Gasteiger partial charge in [0, 0.05) is 11.9 Å². The minimum absolute atomic E-state index is 0.178. The molecule has 0 radical (unpaired) electrons. The lowest BCUT2D eigenvalue weighted by atomic mass is 10.0. The molecule has 2 aromatic carbocycles. The summed E-state index contributed by atoms with van der Waals surface area (Å²) in [5, 5.41) is 29.4. The number of hydrogen-bond acceptors (Lipinski definition) is 4. The van der Waals surface area contributed by atoms with Gasteiger partial charge < -0.3 is 20.1 Å². The number of rotatable bonds is 3. The van der Waals surface area contributed by atoms with Crippen LogP contribution in [0.2, 0.25) is 0 Å². The van der Waals surface area contributed by atoms with E-state index in [1.54, 1.807) is 19.1 Å². The summed E-state index contributed by atoms with van der Waals surface area (Å²) in [7, 11) is 0. The predicted octanol–water partition coefficient (Wildman–Crippen LogP) is 0.998. The van der Waals surface area contributed by atoms with Crippen molar-refractivity contribution in [1.82, 2.24) is 0 Å². The van der Waals surface area contributed by atoms with Crippen molar-refractivity contribution in [2.45, 2.75) is 12.8 Å². The zero-order chi connectivity index (χ0) is 15.8. The first-order chi connectivity index (χ1) is 9.93. The summed E-state index contributed by atoms with van der Waals surface area (Å²) in [6.07, 6.45) is 0. The molecule has 5 nitrogen and oxygen atoms in total. The molecule has 0 amide bonds. The lowest BCUT2D eigenvalue weighted by molar-refractivity contribution is -0.307. The largest absolute Gasteiger partial charge is 0.872 e. The first-order valence-corrected chi connectivity index (χ1v) is 6.18. The second-order valence-electron chi connectivity index (χ2n) is 4.25. The minimum Gasteiger partial charge on any atom is -0.872 e. The predicted molar refractivity (Wildman–Crippen MR) is 72.7 cm³/mol. The quantitative estimate of drug-likeness (QED) is 0.907. The van der Waals surface area contributed by atoms with Crippen molar-refractivity contribution < 1.29 is 24.9 Å². The molecule has 0 saturated carbocycles. The highest BCUT2D eigenvalue weighted by atomic mass is 16.4. The third kappa shape index (κ3) is 4.99. The fourth-order valence-electron chi connectivity index (χ4n) is 1.52. The molecule has 1 atom stereocenters. The van der Waals surface area contributed by atoms with Crippen LogP contribution < -0.4 is 10.2 Å². The van der Waals surface area contributed by atoms with Crippen LogP contribution >= 0.6 is 0 Å². The maximum atomic E-state index is 10.7. The van der Waals surface area contributed by atoms with Crippen LogP contribution in [0.25, 0.3) is 0 Å². The second kappa shape index (κ2) is 7.69. The van der Waals surface area contributed by atoms with Crippen molar-refractivity contribution in [3.05, 3.63) is 65.7 Å². The maximum Gasteiger partial charge on any atom is 0.335 e. The lowest BCUT2D eigenvalue weighted by Gasteiger charge is -2.11. The van der Waals surface area contributed by atoms with Gasteiger partial charge in [0.25, 0.3) is 0 Å². The van der Waals surface area contributed by atoms with E-state index >= 15 is 0 Å². The Kier molecular flexibility index (Phi) is 5.95. The van der Waals surface area contributed by atoms with Gasteiger partial charge in [-0.3, -0.25) is 0 Å². The number of para-hydroxylation sites is 1. The molecule has 0 spiro atoms. The topological polar surface area (TPSA) is 100 Å². The summed E-state index contributed by atoms with van der Waals surface area (Å²) in [6, 6.07) is 14.6. The number of carboxylic acids is 2. The molecule has 2 aromatic rings. The van der Waals surface area contributed by atoms with Crippen molar-refractivity contribution >= 4 is 11.9 Å². The Morgan fingerprint density at radius 2 is 1.52 bits per heavy atom. The third-order valence-corrected chi connectivity index (χ3v) is 2.77. The van der Waals surface area contributed by atoms with Gasteiger partial charge in [-0.25, -0.2) is 4.79 Å². The Balaban J connectivity index is 0.000000211. The van der Waals surface area contributed by atoms with Crippen LogP contribution in [0.4, 0.5) is 0 Å². The summed E-state index contributed by atoms with van der Waals surface area (Å²) >= 11 is 0. The highest BCUT2D eigenvalue weighted by Gasteiger charge is 2.03. The fraction of sp³-hybridized carbons (Fsp3) is 0.125. The lowest BCUT2D eigenvalue weighted by Crippen LogP contribution is -2.27. The van der Waals surface area contributed by atoms with Gasteiger partial charge >= 0.3 is 5.97 Å². The summed E-state index contributed by atoms with van der Waals surface area (Å²) in [5.74, 6) is -3.17. The molecule has 0 aromatic heterocycles. The highest BCUT2D eigenvalue weighted by Crippen LogP contribution is 2.12. The molecule has 1 unspecified atom stereocenters. The molecule has 0 bridgehead atoms. The number of benzene rings is 2. The Hall–Kier alpha value is -2.82. The number of carbonyl (C=O) groups excluding carboxylic acids is 1. The van der Waals surface area contributed by atoms with Gasteiger partial charge in [-0.2, -0.15) is 0 Å². The Morgan fingerprint density at radius 1 is 1.00 bits per heavy atom. The van der Waals surface area contributed by atoms with E-state index in [0.717, 1.165) is 5.56 Å². The number of carboxylic acid groups (broad SMARTS) is 2. The van der Waals surface area contributed by atoms with Crippen molar-refractivity contribution in [3.63, 3.8) is 0 Å². The summed E-state index contributed by atoms with van der Waals surface area (Å²) in [4.78, 5) is 20.6. The normalized spacial score (nSPS) is 10.9. The average molecular weight is 286 g/mol. The molecular formula is C16H14O5-2. The van der Waals surface area contributed by atoms with E-state index in [4.69, 9.17) is 5.11 Å². The summed E-state index contributed by atoms with van der Waals surface area (Å²) < 4.78 is 0. The van der Waals surface area contributed by atoms with Crippen molar-refractivity contribution in [1.29, 1.82) is 0 Å². The maximum absolute atomic E-state index is 10.7. The van der Waals surface area contributed by atoms with Crippen LogP contribution in [0.3, 0.4) is 0 Å². The first kappa shape index (κ1) is 16.2.